The van der Waals surface area contributed by atoms with Crippen molar-refractivity contribution >= 4 is 5.97 Å². The standard InChI is InChI=1S/C12H23NO3/c14-12(15)4-1-2-7-13-8-3-9-16-10-11-5-6-11/h11,13H,1-10H2,(H,14,15). The number of unbranched alkanes of at least 4 members (excludes halogenated alkanes) is 1. The van der Waals surface area contributed by atoms with Crippen molar-refractivity contribution in [3.8, 4) is 0 Å². The zero-order valence-corrected chi connectivity index (χ0v) is 9.91. The van der Waals surface area contributed by atoms with Crippen molar-refractivity contribution in [3.63, 3.8) is 0 Å². The fourth-order valence-corrected chi connectivity index (χ4v) is 1.48. The maximum atomic E-state index is 10.2. The topological polar surface area (TPSA) is 58.6 Å². The Balaban J connectivity index is 1.66. The first-order valence-corrected chi connectivity index (χ1v) is 6.29. The van der Waals surface area contributed by atoms with Gasteiger partial charge in [0.15, 0.2) is 0 Å². The lowest BCUT2D eigenvalue weighted by Gasteiger charge is -2.05. The molecule has 0 aromatic rings. The molecular formula is C12H23NO3. The van der Waals surface area contributed by atoms with E-state index in [0.717, 1.165) is 51.5 Å². The average molecular weight is 229 g/mol. The summed E-state index contributed by atoms with van der Waals surface area (Å²) in [5.41, 5.74) is 0. The van der Waals surface area contributed by atoms with Crippen molar-refractivity contribution in [1.82, 2.24) is 5.32 Å². The first-order chi connectivity index (χ1) is 7.79. The number of carboxylic acids is 1. The lowest BCUT2D eigenvalue weighted by Crippen LogP contribution is -2.18. The Morgan fingerprint density at radius 1 is 1.25 bits per heavy atom. The van der Waals surface area contributed by atoms with Crippen LogP contribution in [0.4, 0.5) is 0 Å². The number of carboxylic acid groups (broad SMARTS) is 1. The SMILES string of the molecule is O=C(O)CCCCNCCCOCC1CC1. The van der Waals surface area contributed by atoms with Gasteiger partial charge in [0.1, 0.15) is 0 Å². The lowest BCUT2D eigenvalue weighted by atomic mass is 10.2. The molecule has 0 bridgehead atoms. The maximum absolute atomic E-state index is 10.2. The molecule has 0 heterocycles. The van der Waals surface area contributed by atoms with Crippen molar-refractivity contribution in [3.05, 3.63) is 0 Å². The fourth-order valence-electron chi connectivity index (χ4n) is 1.48. The summed E-state index contributed by atoms with van der Waals surface area (Å²) < 4.78 is 5.50. The van der Waals surface area contributed by atoms with Crippen molar-refractivity contribution in [2.45, 2.75) is 38.5 Å². The fraction of sp³-hybridized carbons (Fsp3) is 0.917. The molecule has 94 valence electrons. The van der Waals surface area contributed by atoms with Gasteiger partial charge in [0, 0.05) is 19.6 Å². The quantitative estimate of drug-likeness (QED) is 0.529. The van der Waals surface area contributed by atoms with E-state index in [-0.39, 0.29) is 6.42 Å². The monoisotopic (exact) mass is 229 g/mol. The van der Waals surface area contributed by atoms with Crippen molar-refractivity contribution in [1.29, 1.82) is 0 Å². The number of nitrogens with one attached hydrogen (secondary N) is 1. The molecule has 0 saturated heterocycles. The Hall–Kier alpha value is -0.610. The molecular weight excluding hydrogens is 206 g/mol. The second kappa shape index (κ2) is 8.53. The number of ether oxygens (including phenoxy) is 1. The minimum atomic E-state index is -0.700. The predicted octanol–water partition coefficient (Wildman–Crippen LogP) is 1.65. The highest BCUT2D eigenvalue weighted by atomic mass is 16.5. The Labute approximate surface area is 97.4 Å². The third-order valence-corrected chi connectivity index (χ3v) is 2.69. The maximum Gasteiger partial charge on any atom is 0.303 e. The van der Waals surface area contributed by atoms with Gasteiger partial charge in [0.2, 0.25) is 0 Å². The normalized spacial score (nSPS) is 15.2. The van der Waals surface area contributed by atoms with Crippen LogP contribution in [0.25, 0.3) is 0 Å². The van der Waals surface area contributed by atoms with E-state index < -0.39 is 5.97 Å². The summed E-state index contributed by atoms with van der Waals surface area (Å²) in [4.78, 5) is 10.2. The van der Waals surface area contributed by atoms with Crippen LogP contribution in [0.2, 0.25) is 0 Å². The first kappa shape index (κ1) is 13.5. The first-order valence-electron chi connectivity index (χ1n) is 6.29. The van der Waals surface area contributed by atoms with Gasteiger partial charge in [-0.05, 0) is 51.1 Å². The minimum absolute atomic E-state index is 0.284. The molecule has 2 N–H and O–H groups in total. The average Bonchev–Trinajstić information content (AvgIpc) is 3.04. The van der Waals surface area contributed by atoms with Gasteiger partial charge in [-0.2, -0.15) is 0 Å². The summed E-state index contributed by atoms with van der Waals surface area (Å²) >= 11 is 0. The van der Waals surface area contributed by atoms with Gasteiger partial charge in [0.25, 0.3) is 0 Å². The van der Waals surface area contributed by atoms with Crippen LogP contribution < -0.4 is 5.32 Å². The highest BCUT2D eigenvalue weighted by Crippen LogP contribution is 2.28. The second-order valence-electron chi connectivity index (χ2n) is 4.47. The zero-order valence-electron chi connectivity index (χ0n) is 9.91. The van der Waals surface area contributed by atoms with Crippen LogP contribution in [0, 0.1) is 5.92 Å². The van der Waals surface area contributed by atoms with Gasteiger partial charge in [-0.25, -0.2) is 0 Å². The molecule has 16 heavy (non-hydrogen) atoms. The van der Waals surface area contributed by atoms with E-state index >= 15 is 0 Å². The van der Waals surface area contributed by atoms with Crippen LogP contribution in [0.3, 0.4) is 0 Å². The smallest absolute Gasteiger partial charge is 0.303 e. The number of hydrogen-bond donors (Lipinski definition) is 2. The molecule has 1 saturated carbocycles. The number of carbonyl (C=O) groups is 1. The van der Waals surface area contributed by atoms with Crippen LogP contribution in [0.1, 0.15) is 38.5 Å². The minimum Gasteiger partial charge on any atom is -0.481 e. The van der Waals surface area contributed by atoms with Crippen molar-refractivity contribution in [2.75, 3.05) is 26.3 Å². The zero-order chi connectivity index (χ0) is 11.6. The molecule has 0 aromatic heterocycles. The van der Waals surface area contributed by atoms with Crippen LogP contribution in [0.5, 0.6) is 0 Å². The lowest BCUT2D eigenvalue weighted by molar-refractivity contribution is -0.137. The summed E-state index contributed by atoms with van der Waals surface area (Å²) in [6.07, 6.45) is 5.73. The molecule has 0 aliphatic heterocycles. The molecule has 4 heteroatoms. The second-order valence-corrected chi connectivity index (χ2v) is 4.47. The Morgan fingerprint density at radius 3 is 2.69 bits per heavy atom. The van der Waals surface area contributed by atoms with E-state index in [4.69, 9.17) is 9.84 Å². The third-order valence-electron chi connectivity index (χ3n) is 2.69. The number of rotatable bonds is 11. The van der Waals surface area contributed by atoms with Crippen molar-refractivity contribution < 1.29 is 14.6 Å². The summed E-state index contributed by atoms with van der Waals surface area (Å²) in [7, 11) is 0. The van der Waals surface area contributed by atoms with E-state index in [9.17, 15) is 4.79 Å². The van der Waals surface area contributed by atoms with E-state index in [2.05, 4.69) is 5.32 Å². The van der Waals surface area contributed by atoms with E-state index in [1.54, 1.807) is 0 Å². The highest BCUT2D eigenvalue weighted by molar-refractivity contribution is 5.66. The molecule has 0 aromatic carbocycles. The molecule has 0 radical (unpaired) electrons. The third kappa shape index (κ3) is 8.68. The predicted molar refractivity (Wildman–Crippen MR) is 62.5 cm³/mol. The Bertz CT molecular complexity index is 193. The molecule has 4 nitrogen and oxygen atoms in total. The molecule has 1 rings (SSSR count). The summed E-state index contributed by atoms with van der Waals surface area (Å²) in [5, 5.41) is 11.7. The van der Waals surface area contributed by atoms with E-state index in [1.807, 2.05) is 0 Å². The van der Waals surface area contributed by atoms with Gasteiger partial charge in [-0.3, -0.25) is 4.79 Å². The Kier molecular flexibility index (Phi) is 7.17. The number of hydrogen-bond acceptors (Lipinski definition) is 3. The molecule has 0 unspecified atom stereocenters. The molecule has 1 fully saturated rings. The largest absolute Gasteiger partial charge is 0.481 e. The Morgan fingerprint density at radius 2 is 2.00 bits per heavy atom. The van der Waals surface area contributed by atoms with Crippen LogP contribution in [0.15, 0.2) is 0 Å². The molecule has 1 aliphatic carbocycles. The van der Waals surface area contributed by atoms with Gasteiger partial charge in [0.05, 0.1) is 0 Å². The molecule has 0 atom stereocenters. The van der Waals surface area contributed by atoms with E-state index in [0.29, 0.717) is 0 Å². The summed E-state index contributed by atoms with van der Waals surface area (Å²) in [5.74, 6) is 0.150. The summed E-state index contributed by atoms with van der Waals surface area (Å²) in [6.45, 7) is 3.67. The summed E-state index contributed by atoms with van der Waals surface area (Å²) in [6, 6.07) is 0. The van der Waals surface area contributed by atoms with Crippen LogP contribution >= 0.6 is 0 Å². The van der Waals surface area contributed by atoms with Crippen molar-refractivity contribution in [2.24, 2.45) is 5.92 Å². The van der Waals surface area contributed by atoms with Crippen LogP contribution in [-0.4, -0.2) is 37.4 Å². The number of aliphatic carboxylic acids is 1. The van der Waals surface area contributed by atoms with E-state index in [1.165, 1.54) is 12.8 Å². The van der Waals surface area contributed by atoms with Gasteiger partial charge < -0.3 is 15.2 Å². The van der Waals surface area contributed by atoms with Gasteiger partial charge in [-0.15, -0.1) is 0 Å². The molecule has 0 spiro atoms. The van der Waals surface area contributed by atoms with Crippen LogP contribution in [-0.2, 0) is 9.53 Å². The molecule has 1 aliphatic rings. The van der Waals surface area contributed by atoms with Gasteiger partial charge >= 0.3 is 5.97 Å². The molecule has 0 amide bonds. The van der Waals surface area contributed by atoms with Gasteiger partial charge in [-0.1, -0.05) is 0 Å². The highest BCUT2D eigenvalue weighted by Gasteiger charge is 2.20.